The number of rotatable bonds is 4. The number of benzene rings is 1. The lowest BCUT2D eigenvalue weighted by Crippen LogP contribution is -2.44. The van der Waals surface area contributed by atoms with Crippen molar-refractivity contribution in [3.05, 3.63) is 54.4 Å². The summed E-state index contributed by atoms with van der Waals surface area (Å²) in [7, 11) is 1.95. The van der Waals surface area contributed by atoms with Gasteiger partial charge >= 0.3 is 0 Å². The molecule has 0 N–H and O–H groups in total. The topological polar surface area (TPSA) is 35.5 Å². The van der Waals surface area contributed by atoms with Crippen molar-refractivity contribution in [3.8, 4) is 0 Å². The second-order valence-electron chi connectivity index (χ2n) is 7.31. The first kappa shape index (κ1) is 17.8. The van der Waals surface area contributed by atoms with Gasteiger partial charge in [0.2, 0.25) is 5.95 Å². The van der Waals surface area contributed by atoms with Gasteiger partial charge in [-0.3, -0.25) is 0 Å². The zero-order valence-corrected chi connectivity index (χ0v) is 16.0. The number of anilines is 3. The Kier molecular flexibility index (Phi) is 4.97. The molecule has 0 atom stereocenters. The van der Waals surface area contributed by atoms with E-state index in [2.05, 4.69) is 32.9 Å². The average Bonchev–Trinajstić information content (AvgIpc) is 2.70. The van der Waals surface area contributed by atoms with Crippen LogP contribution in [0.5, 0.6) is 0 Å². The number of aryl methyl sites for hydroxylation is 1. The predicted molar refractivity (Wildman–Crippen MR) is 108 cm³/mol. The van der Waals surface area contributed by atoms with Gasteiger partial charge in [-0.05, 0) is 43.0 Å². The molecule has 3 heterocycles. The Labute approximate surface area is 160 Å². The van der Waals surface area contributed by atoms with Crippen LogP contribution < -0.4 is 14.7 Å². The molecule has 0 amide bonds. The van der Waals surface area contributed by atoms with E-state index in [0.29, 0.717) is 6.04 Å². The summed E-state index contributed by atoms with van der Waals surface area (Å²) in [4.78, 5) is 15.6. The first-order valence-electron chi connectivity index (χ1n) is 9.70. The zero-order valence-electron chi connectivity index (χ0n) is 16.0. The summed E-state index contributed by atoms with van der Waals surface area (Å²) in [5.41, 5.74) is 3.18. The van der Waals surface area contributed by atoms with Gasteiger partial charge in [0.05, 0.1) is 11.4 Å². The van der Waals surface area contributed by atoms with Crippen molar-refractivity contribution >= 4 is 17.3 Å². The molecule has 0 bridgehead atoms. The van der Waals surface area contributed by atoms with Crippen LogP contribution in [0.4, 0.5) is 21.7 Å². The highest BCUT2D eigenvalue weighted by atomic mass is 19.1. The van der Waals surface area contributed by atoms with Crippen LogP contribution in [-0.2, 0) is 6.42 Å². The maximum absolute atomic E-state index is 13.7. The molecule has 2 aromatic rings. The standard InChI is InChI=1S/C21H26FN5/c1-3-4-16-14-23-21(24-15-16)26-9-7-18(8-10-26)27-12-11-25(2)20-13-17(22)5-6-19(20)27/h5-6,11-15,18H,3-4,7-10H2,1-2H3. The van der Waals surface area contributed by atoms with E-state index in [9.17, 15) is 4.39 Å². The molecule has 4 rings (SSSR count). The SMILES string of the molecule is CCCc1cnc(N2CCC(N3C=CN(C)c4cc(F)ccc43)CC2)nc1. The quantitative estimate of drug-likeness (QED) is 0.817. The molecule has 1 aromatic heterocycles. The second kappa shape index (κ2) is 7.55. The third-order valence-corrected chi connectivity index (χ3v) is 5.42. The number of hydrogen-bond acceptors (Lipinski definition) is 5. The van der Waals surface area contributed by atoms with Crippen molar-refractivity contribution in [2.45, 2.75) is 38.6 Å². The molecule has 0 spiro atoms. The van der Waals surface area contributed by atoms with E-state index < -0.39 is 0 Å². The van der Waals surface area contributed by atoms with Gasteiger partial charge in [-0.15, -0.1) is 0 Å². The molecule has 1 saturated heterocycles. The molecule has 6 heteroatoms. The summed E-state index contributed by atoms with van der Waals surface area (Å²) in [5, 5.41) is 0. The van der Waals surface area contributed by atoms with E-state index in [0.717, 1.165) is 56.1 Å². The van der Waals surface area contributed by atoms with E-state index in [-0.39, 0.29) is 5.82 Å². The highest BCUT2D eigenvalue weighted by Gasteiger charge is 2.28. The average molecular weight is 367 g/mol. The summed E-state index contributed by atoms with van der Waals surface area (Å²) in [6.45, 7) is 4.01. The van der Waals surface area contributed by atoms with Gasteiger partial charge < -0.3 is 14.7 Å². The van der Waals surface area contributed by atoms with Crippen LogP contribution in [0, 0.1) is 5.82 Å². The third-order valence-electron chi connectivity index (χ3n) is 5.42. The van der Waals surface area contributed by atoms with Crippen molar-refractivity contribution in [1.82, 2.24) is 9.97 Å². The second-order valence-corrected chi connectivity index (χ2v) is 7.31. The van der Waals surface area contributed by atoms with Crippen LogP contribution >= 0.6 is 0 Å². The third kappa shape index (κ3) is 3.61. The van der Waals surface area contributed by atoms with Crippen LogP contribution in [0.1, 0.15) is 31.7 Å². The number of aromatic nitrogens is 2. The summed E-state index contributed by atoms with van der Waals surface area (Å²) in [6.07, 6.45) is 12.2. The van der Waals surface area contributed by atoms with E-state index in [4.69, 9.17) is 0 Å². The molecule has 2 aliphatic rings. The zero-order chi connectivity index (χ0) is 18.8. The number of hydrogen-bond donors (Lipinski definition) is 0. The Bertz CT molecular complexity index is 812. The van der Waals surface area contributed by atoms with Gasteiger partial charge in [-0.1, -0.05) is 13.3 Å². The number of nitrogens with zero attached hydrogens (tertiary/aromatic N) is 5. The van der Waals surface area contributed by atoms with E-state index in [1.54, 1.807) is 12.1 Å². The minimum atomic E-state index is -0.200. The molecular weight excluding hydrogens is 341 g/mol. The molecule has 0 unspecified atom stereocenters. The highest BCUT2D eigenvalue weighted by molar-refractivity contribution is 5.76. The summed E-state index contributed by atoms with van der Waals surface area (Å²) in [6, 6.07) is 5.42. The highest BCUT2D eigenvalue weighted by Crippen LogP contribution is 2.36. The largest absolute Gasteiger partial charge is 0.348 e. The van der Waals surface area contributed by atoms with Gasteiger partial charge in [0.1, 0.15) is 5.82 Å². The first-order chi connectivity index (χ1) is 13.2. The normalized spacial score (nSPS) is 17.4. The van der Waals surface area contributed by atoms with Crippen LogP contribution in [0.3, 0.4) is 0 Å². The maximum atomic E-state index is 13.7. The number of piperidine rings is 1. The number of fused-ring (bicyclic) bond motifs is 1. The van der Waals surface area contributed by atoms with Crippen LogP contribution in [0.15, 0.2) is 43.0 Å². The van der Waals surface area contributed by atoms with E-state index in [1.165, 1.54) is 5.56 Å². The van der Waals surface area contributed by atoms with Crippen molar-refractivity contribution < 1.29 is 4.39 Å². The lowest BCUT2D eigenvalue weighted by molar-refractivity contribution is 0.484. The Morgan fingerprint density at radius 1 is 1.07 bits per heavy atom. The van der Waals surface area contributed by atoms with Crippen molar-refractivity contribution in [1.29, 1.82) is 0 Å². The fraction of sp³-hybridized carbons (Fsp3) is 0.429. The summed E-state index contributed by atoms with van der Waals surface area (Å²) < 4.78 is 13.7. The van der Waals surface area contributed by atoms with Crippen molar-refractivity contribution in [2.75, 3.05) is 34.8 Å². The van der Waals surface area contributed by atoms with Gasteiger partial charge in [-0.2, -0.15) is 0 Å². The van der Waals surface area contributed by atoms with Crippen molar-refractivity contribution in [3.63, 3.8) is 0 Å². The van der Waals surface area contributed by atoms with E-state index in [1.807, 2.05) is 36.6 Å². The molecule has 2 aliphatic heterocycles. The molecule has 27 heavy (non-hydrogen) atoms. The summed E-state index contributed by atoms with van der Waals surface area (Å²) >= 11 is 0. The van der Waals surface area contributed by atoms with Gasteiger partial charge in [0.25, 0.3) is 0 Å². The summed E-state index contributed by atoms with van der Waals surface area (Å²) in [5.74, 6) is 0.624. The molecule has 0 saturated carbocycles. The smallest absolute Gasteiger partial charge is 0.225 e. The molecular formula is C21H26FN5. The monoisotopic (exact) mass is 367 g/mol. The van der Waals surface area contributed by atoms with Gasteiger partial charge in [-0.25, -0.2) is 14.4 Å². The van der Waals surface area contributed by atoms with Gasteiger partial charge in [0, 0.05) is 51.0 Å². The fourth-order valence-corrected chi connectivity index (χ4v) is 3.92. The Morgan fingerprint density at radius 2 is 1.81 bits per heavy atom. The van der Waals surface area contributed by atoms with Gasteiger partial charge in [0.15, 0.2) is 0 Å². The molecule has 1 fully saturated rings. The minimum Gasteiger partial charge on any atom is -0.348 e. The lowest BCUT2D eigenvalue weighted by atomic mass is 10.0. The Balaban J connectivity index is 1.44. The number of halogens is 1. The van der Waals surface area contributed by atoms with Crippen LogP contribution in [0.25, 0.3) is 0 Å². The maximum Gasteiger partial charge on any atom is 0.225 e. The molecule has 0 aliphatic carbocycles. The predicted octanol–water partition coefficient (Wildman–Crippen LogP) is 3.96. The van der Waals surface area contributed by atoms with E-state index >= 15 is 0 Å². The fourth-order valence-electron chi connectivity index (χ4n) is 3.92. The molecule has 1 aromatic carbocycles. The lowest BCUT2D eigenvalue weighted by Gasteiger charge is -2.41. The first-order valence-corrected chi connectivity index (χ1v) is 9.70. The molecule has 5 nitrogen and oxygen atoms in total. The minimum absolute atomic E-state index is 0.200. The Morgan fingerprint density at radius 3 is 2.52 bits per heavy atom. The molecule has 0 radical (unpaired) electrons. The Hall–Kier alpha value is -2.63. The van der Waals surface area contributed by atoms with Crippen molar-refractivity contribution in [2.24, 2.45) is 0 Å². The van der Waals surface area contributed by atoms with Crippen LogP contribution in [-0.4, -0.2) is 36.1 Å². The molecule has 142 valence electrons. The van der Waals surface area contributed by atoms with Crippen LogP contribution in [0.2, 0.25) is 0 Å².